The van der Waals surface area contributed by atoms with Gasteiger partial charge in [-0.1, -0.05) is 12.1 Å². The van der Waals surface area contributed by atoms with Crippen molar-refractivity contribution in [2.45, 2.75) is 28.2 Å². The van der Waals surface area contributed by atoms with Crippen molar-refractivity contribution in [1.29, 1.82) is 0 Å². The molecule has 0 aliphatic heterocycles. The zero-order valence-electron chi connectivity index (χ0n) is 10.0. The monoisotopic (exact) mass is 290 g/mol. The second-order valence-corrected chi connectivity index (χ2v) is 8.65. The van der Waals surface area contributed by atoms with Crippen LogP contribution in [0.3, 0.4) is 0 Å². The first-order chi connectivity index (χ1) is 8.06. The average Bonchev–Trinajstić information content (AvgIpc) is 2.94. The van der Waals surface area contributed by atoms with E-state index in [0.717, 1.165) is 12.5 Å². The molecular weight excluding hydrogens is 276 g/mol. The summed E-state index contributed by atoms with van der Waals surface area (Å²) in [7, 11) is -7.39. The van der Waals surface area contributed by atoms with E-state index in [1.807, 2.05) is 0 Å². The van der Waals surface area contributed by atoms with Crippen LogP contribution in [0.1, 0.15) is 18.4 Å². The second kappa shape index (κ2) is 3.79. The van der Waals surface area contributed by atoms with Crippen LogP contribution < -0.4 is 0 Å². The zero-order chi connectivity index (χ0) is 13.8. The maximum absolute atomic E-state index is 11.8. The molecule has 0 radical (unpaired) electrons. The molecule has 1 saturated carbocycles. The van der Waals surface area contributed by atoms with E-state index in [-0.39, 0.29) is 15.4 Å². The van der Waals surface area contributed by atoms with E-state index < -0.39 is 25.3 Å². The van der Waals surface area contributed by atoms with Crippen LogP contribution in [0.25, 0.3) is 0 Å². The third-order valence-electron chi connectivity index (χ3n) is 2.97. The van der Waals surface area contributed by atoms with Crippen LogP contribution >= 0.6 is 0 Å². The molecule has 0 amide bonds. The van der Waals surface area contributed by atoms with Crippen LogP contribution in [0, 0.1) is 0 Å². The van der Waals surface area contributed by atoms with Gasteiger partial charge in [0, 0.05) is 18.1 Å². The highest BCUT2D eigenvalue weighted by atomic mass is 32.2. The van der Waals surface area contributed by atoms with Gasteiger partial charge in [0.2, 0.25) is 0 Å². The minimum atomic E-state index is -3.73. The van der Waals surface area contributed by atoms with E-state index in [2.05, 4.69) is 0 Å². The smallest absolute Gasteiger partial charge is 0.177 e. The summed E-state index contributed by atoms with van der Waals surface area (Å²) in [5.74, 6) is 0. The molecule has 1 aromatic rings. The summed E-state index contributed by atoms with van der Waals surface area (Å²) in [5.41, 5.74) is -1.01. The summed E-state index contributed by atoms with van der Waals surface area (Å²) in [6.07, 6.45) is 2.80. The molecule has 0 spiro atoms. The first kappa shape index (κ1) is 13.5. The highest BCUT2D eigenvalue weighted by Crippen LogP contribution is 2.48. The molecule has 0 heterocycles. The molecule has 1 aliphatic carbocycles. The van der Waals surface area contributed by atoms with Gasteiger partial charge in [-0.2, -0.15) is 0 Å². The molecule has 5 nitrogen and oxygen atoms in total. The van der Waals surface area contributed by atoms with Gasteiger partial charge in [0.15, 0.2) is 19.7 Å². The van der Waals surface area contributed by atoms with Crippen molar-refractivity contribution in [3.63, 3.8) is 0 Å². The fraction of sp³-hybridized carbons (Fsp3) is 0.455. The number of rotatable bonds is 3. The normalized spacial score (nSPS) is 18.6. The third-order valence-corrected chi connectivity index (χ3v) is 5.42. The van der Waals surface area contributed by atoms with Crippen molar-refractivity contribution < 1.29 is 21.9 Å². The lowest BCUT2D eigenvalue weighted by atomic mass is 10.1. The Kier molecular flexibility index (Phi) is 2.84. The topological polar surface area (TPSA) is 88.5 Å². The quantitative estimate of drug-likeness (QED) is 0.874. The maximum Gasteiger partial charge on any atom is 0.177 e. The summed E-state index contributed by atoms with van der Waals surface area (Å²) >= 11 is 0. The SMILES string of the molecule is CS(=O)(=O)c1cccc(C2(O)CC2)c1S(C)(=O)=O. The lowest BCUT2D eigenvalue weighted by Gasteiger charge is -2.16. The zero-order valence-corrected chi connectivity index (χ0v) is 11.7. The Morgan fingerprint density at radius 3 is 2.00 bits per heavy atom. The van der Waals surface area contributed by atoms with Crippen LogP contribution in [0.4, 0.5) is 0 Å². The van der Waals surface area contributed by atoms with E-state index in [4.69, 9.17) is 0 Å². The van der Waals surface area contributed by atoms with Gasteiger partial charge in [0.1, 0.15) is 0 Å². The summed E-state index contributed by atoms with van der Waals surface area (Å²) in [4.78, 5) is -0.518. The fourth-order valence-electron chi connectivity index (χ4n) is 1.94. The molecule has 0 atom stereocenters. The predicted octanol–water partition coefficient (Wildman–Crippen LogP) is 0.475. The molecule has 1 fully saturated rings. The molecule has 0 bridgehead atoms. The van der Waals surface area contributed by atoms with Crippen LogP contribution in [-0.2, 0) is 25.3 Å². The Balaban J connectivity index is 2.87. The van der Waals surface area contributed by atoms with Crippen LogP contribution in [0.5, 0.6) is 0 Å². The second-order valence-electron chi connectivity index (χ2n) is 4.71. The molecule has 1 N–H and O–H groups in total. The summed E-state index contributed by atoms with van der Waals surface area (Å²) in [5, 5.41) is 10.1. The molecule has 100 valence electrons. The lowest BCUT2D eigenvalue weighted by molar-refractivity contribution is 0.147. The number of benzene rings is 1. The van der Waals surface area contributed by atoms with Gasteiger partial charge in [-0.25, -0.2) is 16.8 Å². The van der Waals surface area contributed by atoms with Crippen molar-refractivity contribution in [3.05, 3.63) is 23.8 Å². The molecule has 1 aromatic carbocycles. The summed E-state index contributed by atoms with van der Waals surface area (Å²) in [6, 6.07) is 4.18. The largest absolute Gasteiger partial charge is 0.385 e. The van der Waals surface area contributed by atoms with Gasteiger partial charge in [0.05, 0.1) is 15.4 Å². The van der Waals surface area contributed by atoms with Crippen molar-refractivity contribution in [2.24, 2.45) is 0 Å². The van der Waals surface area contributed by atoms with Gasteiger partial charge in [0.25, 0.3) is 0 Å². The van der Waals surface area contributed by atoms with Crippen LogP contribution in [0.15, 0.2) is 28.0 Å². The fourth-order valence-corrected chi connectivity index (χ4v) is 4.72. The van der Waals surface area contributed by atoms with Crippen LogP contribution in [0.2, 0.25) is 0 Å². The number of aliphatic hydroxyl groups is 1. The molecule has 0 unspecified atom stereocenters. The Hall–Kier alpha value is -0.920. The summed E-state index contributed by atoms with van der Waals surface area (Å²) in [6.45, 7) is 0. The van der Waals surface area contributed by atoms with Crippen LogP contribution in [-0.4, -0.2) is 34.5 Å². The van der Waals surface area contributed by atoms with E-state index in [1.54, 1.807) is 0 Å². The van der Waals surface area contributed by atoms with Gasteiger partial charge >= 0.3 is 0 Å². The van der Waals surface area contributed by atoms with Crippen molar-refractivity contribution >= 4 is 19.7 Å². The highest BCUT2D eigenvalue weighted by molar-refractivity contribution is 7.93. The van der Waals surface area contributed by atoms with Crippen molar-refractivity contribution in [1.82, 2.24) is 0 Å². The Bertz CT molecular complexity index is 697. The minimum absolute atomic E-state index is 0.188. The van der Waals surface area contributed by atoms with Gasteiger partial charge in [-0.15, -0.1) is 0 Å². The van der Waals surface area contributed by atoms with Gasteiger partial charge < -0.3 is 5.11 Å². The van der Waals surface area contributed by atoms with E-state index in [0.29, 0.717) is 12.8 Å². The van der Waals surface area contributed by atoms with Gasteiger partial charge in [-0.05, 0) is 18.9 Å². The predicted molar refractivity (Wildman–Crippen MR) is 65.8 cm³/mol. The molecule has 1 aliphatic rings. The Labute approximate surface area is 106 Å². The first-order valence-corrected chi connectivity index (χ1v) is 9.10. The molecular formula is C11H14O5S2. The van der Waals surface area contributed by atoms with Crippen molar-refractivity contribution in [3.8, 4) is 0 Å². The Morgan fingerprint density at radius 2 is 1.61 bits per heavy atom. The standard InChI is InChI=1S/C11H14O5S2/c1-17(13,14)9-5-3-4-8(11(12)6-7-11)10(9)18(2,15)16/h3-5,12H,6-7H2,1-2H3. The number of hydrogen-bond donors (Lipinski definition) is 1. The molecule has 0 saturated heterocycles. The van der Waals surface area contributed by atoms with Crippen molar-refractivity contribution in [2.75, 3.05) is 12.5 Å². The first-order valence-electron chi connectivity index (χ1n) is 5.32. The highest BCUT2D eigenvalue weighted by Gasteiger charge is 2.46. The third kappa shape index (κ3) is 2.30. The van der Waals surface area contributed by atoms with E-state index in [1.165, 1.54) is 18.2 Å². The Morgan fingerprint density at radius 1 is 1.06 bits per heavy atom. The molecule has 0 aromatic heterocycles. The van der Waals surface area contributed by atoms with E-state index >= 15 is 0 Å². The maximum atomic E-state index is 11.8. The minimum Gasteiger partial charge on any atom is -0.385 e. The summed E-state index contributed by atoms with van der Waals surface area (Å²) < 4.78 is 46.9. The van der Waals surface area contributed by atoms with Gasteiger partial charge in [-0.3, -0.25) is 0 Å². The van der Waals surface area contributed by atoms with E-state index in [9.17, 15) is 21.9 Å². The lowest BCUT2D eigenvalue weighted by Crippen LogP contribution is -2.16. The number of sulfone groups is 2. The molecule has 7 heteroatoms. The average molecular weight is 290 g/mol. The number of hydrogen-bond acceptors (Lipinski definition) is 5. The molecule has 18 heavy (non-hydrogen) atoms. The molecule has 2 rings (SSSR count).